The lowest BCUT2D eigenvalue weighted by Gasteiger charge is -2.43. The first-order valence-electron chi connectivity index (χ1n) is 8.35. The molecule has 122 valence electrons. The average Bonchev–Trinajstić information content (AvgIpc) is 2.79. The van der Waals surface area contributed by atoms with E-state index in [9.17, 15) is 4.79 Å². The Morgan fingerprint density at radius 2 is 1.76 bits per heavy atom. The minimum Gasteiger partial charge on any atom is -0.347 e. The molecule has 0 bridgehead atoms. The van der Waals surface area contributed by atoms with E-state index < -0.39 is 0 Å². The van der Waals surface area contributed by atoms with E-state index >= 15 is 0 Å². The van der Waals surface area contributed by atoms with E-state index in [4.69, 9.17) is 0 Å². The fourth-order valence-electron chi connectivity index (χ4n) is 3.07. The van der Waals surface area contributed by atoms with Gasteiger partial charge in [0.15, 0.2) is 0 Å². The van der Waals surface area contributed by atoms with E-state index in [1.54, 1.807) is 6.08 Å². The lowest BCUT2D eigenvalue weighted by atomic mass is 9.69. The lowest BCUT2D eigenvalue weighted by Crippen LogP contribution is -2.53. The summed E-state index contributed by atoms with van der Waals surface area (Å²) < 4.78 is 0. The molecule has 1 fully saturated rings. The average molecular weight is 294 g/mol. The highest BCUT2D eigenvalue weighted by Gasteiger charge is 2.38. The smallest absolute Gasteiger partial charge is 0.244 e. The maximum Gasteiger partial charge on any atom is 0.244 e. The van der Waals surface area contributed by atoms with Crippen molar-refractivity contribution in [2.45, 2.75) is 66.3 Å². The van der Waals surface area contributed by atoms with Gasteiger partial charge < -0.3 is 5.32 Å². The molecule has 0 spiro atoms. The van der Waals surface area contributed by atoms with Crippen LogP contribution in [0.1, 0.15) is 60.8 Å². The molecule has 1 rings (SSSR count). The zero-order chi connectivity index (χ0) is 16.1. The molecule has 1 saturated heterocycles. The highest BCUT2D eigenvalue weighted by molar-refractivity contribution is 5.88. The zero-order valence-electron chi connectivity index (χ0n) is 14.8. The van der Waals surface area contributed by atoms with Gasteiger partial charge in [-0.25, -0.2) is 0 Å². The summed E-state index contributed by atoms with van der Waals surface area (Å²) in [7, 11) is 0. The first kappa shape index (κ1) is 18.2. The van der Waals surface area contributed by atoms with Gasteiger partial charge in [0.2, 0.25) is 5.91 Å². The summed E-state index contributed by atoms with van der Waals surface area (Å²) in [5.41, 5.74) is -0.147. The third-order valence-corrected chi connectivity index (χ3v) is 4.88. The summed E-state index contributed by atoms with van der Waals surface area (Å²) in [6.07, 6.45) is 7.36. The fraction of sp³-hybridized carbons (Fsp3) is 0.833. The van der Waals surface area contributed by atoms with Gasteiger partial charge in [-0.1, -0.05) is 33.8 Å². The van der Waals surface area contributed by atoms with E-state index in [2.05, 4.69) is 51.8 Å². The Morgan fingerprint density at radius 3 is 2.29 bits per heavy atom. The Balaban J connectivity index is 2.49. The quantitative estimate of drug-likeness (QED) is 0.728. The van der Waals surface area contributed by atoms with Crippen molar-refractivity contribution in [3.8, 4) is 0 Å². The van der Waals surface area contributed by atoms with Crippen molar-refractivity contribution in [3.05, 3.63) is 12.2 Å². The molecule has 1 amide bonds. The second-order valence-electron chi connectivity index (χ2n) is 8.01. The van der Waals surface area contributed by atoms with Gasteiger partial charge in [0.05, 0.1) is 0 Å². The molecule has 1 heterocycles. The highest BCUT2D eigenvalue weighted by Crippen LogP contribution is 2.36. The van der Waals surface area contributed by atoms with Crippen molar-refractivity contribution >= 4 is 5.91 Å². The van der Waals surface area contributed by atoms with Gasteiger partial charge >= 0.3 is 0 Å². The minimum atomic E-state index is -0.216. The van der Waals surface area contributed by atoms with Crippen LogP contribution >= 0.6 is 0 Å². The Hall–Kier alpha value is -0.830. The first-order chi connectivity index (χ1) is 9.64. The first-order valence-corrected chi connectivity index (χ1v) is 8.35. The van der Waals surface area contributed by atoms with Crippen LogP contribution in [0.15, 0.2) is 12.2 Å². The molecule has 1 N–H and O–H groups in total. The fourth-order valence-corrected chi connectivity index (χ4v) is 3.07. The molecule has 21 heavy (non-hydrogen) atoms. The minimum absolute atomic E-state index is 0.0241. The van der Waals surface area contributed by atoms with Crippen molar-refractivity contribution < 1.29 is 4.79 Å². The summed E-state index contributed by atoms with van der Waals surface area (Å²) in [6, 6.07) is 0. The van der Waals surface area contributed by atoms with Crippen molar-refractivity contribution in [1.82, 2.24) is 10.2 Å². The monoisotopic (exact) mass is 294 g/mol. The molecule has 0 radical (unpaired) electrons. The van der Waals surface area contributed by atoms with Crippen LogP contribution in [0.25, 0.3) is 0 Å². The molecule has 0 saturated carbocycles. The van der Waals surface area contributed by atoms with Crippen molar-refractivity contribution in [1.29, 1.82) is 0 Å². The van der Waals surface area contributed by atoms with Crippen LogP contribution in [-0.4, -0.2) is 36.0 Å². The van der Waals surface area contributed by atoms with E-state index in [-0.39, 0.29) is 16.9 Å². The molecular weight excluding hydrogens is 260 g/mol. The number of carbonyl (C=O) groups is 1. The maximum absolute atomic E-state index is 12.1. The van der Waals surface area contributed by atoms with Crippen LogP contribution in [-0.2, 0) is 4.79 Å². The normalized spacial score (nSPS) is 17.9. The molecule has 0 aromatic carbocycles. The van der Waals surface area contributed by atoms with Crippen LogP contribution in [0.5, 0.6) is 0 Å². The number of nitrogens with one attached hydrogen (secondary N) is 1. The van der Waals surface area contributed by atoms with Gasteiger partial charge in [0.25, 0.3) is 0 Å². The molecular formula is C18H34N2O. The van der Waals surface area contributed by atoms with Crippen molar-refractivity contribution in [2.75, 3.05) is 19.6 Å². The molecule has 0 atom stereocenters. The molecule has 1 aliphatic heterocycles. The van der Waals surface area contributed by atoms with Gasteiger partial charge in [-0.3, -0.25) is 9.69 Å². The predicted octanol–water partition coefficient (Wildman–Crippen LogP) is 3.61. The number of nitrogens with zero attached hydrogens (tertiary/aromatic N) is 1. The summed E-state index contributed by atoms with van der Waals surface area (Å²) in [5, 5.41) is 3.18. The number of rotatable bonds is 7. The molecule has 3 heteroatoms. The van der Waals surface area contributed by atoms with Crippen molar-refractivity contribution in [3.63, 3.8) is 0 Å². The standard InChI is InChI=1S/C18H34N2O/c1-15(2)14-17(3,4)18(5,6)19-16(21)10-9-13-20-11-7-8-12-20/h9-10,15H,7-8,11-14H2,1-6H3,(H,19,21)/b10-9+. The SMILES string of the molecule is CC(C)CC(C)(C)C(C)(C)NC(=O)/C=C/CN1CCCC1. The lowest BCUT2D eigenvalue weighted by molar-refractivity contribution is -0.119. The van der Waals surface area contributed by atoms with Gasteiger partial charge in [-0.15, -0.1) is 0 Å². The Morgan fingerprint density at radius 1 is 1.19 bits per heavy atom. The Kier molecular flexibility index (Phi) is 6.45. The molecule has 0 unspecified atom stereocenters. The van der Waals surface area contributed by atoms with Gasteiger partial charge in [0, 0.05) is 18.2 Å². The van der Waals surface area contributed by atoms with Crippen LogP contribution in [0.3, 0.4) is 0 Å². The number of amides is 1. The topological polar surface area (TPSA) is 32.3 Å². The molecule has 0 aromatic heterocycles. The van der Waals surface area contributed by atoms with Crippen molar-refractivity contribution in [2.24, 2.45) is 11.3 Å². The Bertz CT molecular complexity index is 363. The summed E-state index contributed by atoms with van der Waals surface area (Å²) in [6.45, 7) is 16.4. The molecule has 0 aliphatic carbocycles. The second-order valence-corrected chi connectivity index (χ2v) is 8.01. The summed E-state index contributed by atoms with van der Waals surface area (Å²) in [5.74, 6) is 0.651. The number of carbonyl (C=O) groups excluding carboxylic acids is 1. The largest absolute Gasteiger partial charge is 0.347 e. The molecule has 1 aliphatic rings. The van der Waals surface area contributed by atoms with Crippen LogP contribution in [0, 0.1) is 11.3 Å². The zero-order valence-corrected chi connectivity index (χ0v) is 14.8. The third kappa shape index (κ3) is 5.82. The van der Waals surface area contributed by atoms with Crippen LogP contribution in [0.2, 0.25) is 0 Å². The molecule has 0 aromatic rings. The highest BCUT2D eigenvalue weighted by atomic mass is 16.1. The Labute approximate surface area is 131 Å². The number of hydrogen-bond donors (Lipinski definition) is 1. The van der Waals surface area contributed by atoms with Gasteiger partial charge in [-0.05, 0) is 57.5 Å². The van der Waals surface area contributed by atoms with Gasteiger partial charge in [-0.2, -0.15) is 0 Å². The maximum atomic E-state index is 12.1. The molecule has 3 nitrogen and oxygen atoms in total. The number of likely N-dealkylation sites (tertiary alicyclic amines) is 1. The van der Waals surface area contributed by atoms with E-state index in [0.717, 1.165) is 13.0 Å². The van der Waals surface area contributed by atoms with Crippen LogP contribution in [0.4, 0.5) is 0 Å². The second kappa shape index (κ2) is 7.44. The summed E-state index contributed by atoms with van der Waals surface area (Å²) >= 11 is 0. The van der Waals surface area contributed by atoms with Crippen LogP contribution < -0.4 is 5.32 Å². The predicted molar refractivity (Wildman–Crippen MR) is 90.3 cm³/mol. The third-order valence-electron chi connectivity index (χ3n) is 4.88. The van der Waals surface area contributed by atoms with E-state index in [0.29, 0.717) is 5.92 Å². The summed E-state index contributed by atoms with van der Waals surface area (Å²) in [4.78, 5) is 14.5. The van der Waals surface area contributed by atoms with Gasteiger partial charge in [0.1, 0.15) is 0 Å². The number of hydrogen-bond acceptors (Lipinski definition) is 2. The van der Waals surface area contributed by atoms with E-state index in [1.807, 2.05) is 6.08 Å². The van der Waals surface area contributed by atoms with E-state index in [1.165, 1.54) is 25.9 Å².